The van der Waals surface area contributed by atoms with Gasteiger partial charge in [-0.05, 0) is 47.4 Å². The number of hydrogen-bond donors (Lipinski definition) is 2. The van der Waals surface area contributed by atoms with Gasteiger partial charge in [-0.3, -0.25) is 9.78 Å². The van der Waals surface area contributed by atoms with Gasteiger partial charge in [0, 0.05) is 50.8 Å². The molecule has 0 atom stereocenters. The maximum atomic E-state index is 12.6. The van der Waals surface area contributed by atoms with E-state index in [1.165, 1.54) is 12.3 Å². The van der Waals surface area contributed by atoms with E-state index in [9.17, 15) is 18.0 Å². The zero-order chi connectivity index (χ0) is 23.0. The number of amides is 1. The van der Waals surface area contributed by atoms with Gasteiger partial charge in [0.2, 0.25) is 0 Å². The lowest BCUT2D eigenvalue weighted by Gasteiger charge is -2.18. The summed E-state index contributed by atoms with van der Waals surface area (Å²) in [5.41, 5.74) is 5.03. The van der Waals surface area contributed by atoms with Gasteiger partial charge in [0.25, 0.3) is 5.91 Å². The van der Waals surface area contributed by atoms with E-state index in [2.05, 4.69) is 20.6 Å². The molecule has 0 fully saturated rings. The zero-order valence-corrected chi connectivity index (χ0v) is 17.8. The number of nitrogens with zero attached hydrogens (tertiary/aromatic N) is 3. The molecule has 2 N–H and O–H groups in total. The van der Waals surface area contributed by atoms with E-state index in [-0.39, 0.29) is 5.91 Å². The molecule has 1 aromatic carbocycles. The van der Waals surface area contributed by atoms with Crippen LogP contribution in [0.15, 0.2) is 42.7 Å². The van der Waals surface area contributed by atoms with Crippen LogP contribution >= 0.6 is 0 Å². The van der Waals surface area contributed by atoms with Gasteiger partial charge in [-0.15, -0.1) is 0 Å². The summed E-state index contributed by atoms with van der Waals surface area (Å²) in [5, 5.41) is 6.01. The zero-order valence-electron chi connectivity index (χ0n) is 17.8. The molecule has 0 aliphatic carbocycles. The molecule has 9 heteroatoms. The standard InChI is InChI=1S/C23H22F3N5O/c1-13-8-20(28-10-14-4-7-19(27-9-14)23(24,25)26)29-11-16(13)15-5-6-18(31(2)3)21-17(15)12-30-22(21)32/h4-9,11H,10,12H2,1-3H3,(H,28,29)(H,30,32). The maximum Gasteiger partial charge on any atom is 0.433 e. The second-order valence-corrected chi connectivity index (χ2v) is 7.85. The predicted octanol–water partition coefficient (Wildman–Crippen LogP) is 4.39. The number of halogens is 3. The van der Waals surface area contributed by atoms with Crippen molar-refractivity contribution < 1.29 is 18.0 Å². The van der Waals surface area contributed by atoms with Crippen molar-refractivity contribution in [3.05, 3.63) is 70.7 Å². The highest BCUT2D eigenvalue weighted by Crippen LogP contribution is 2.36. The molecule has 3 aromatic rings. The highest BCUT2D eigenvalue weighted by molar-refractivity contribution is 6.05. The number of anilines is 2. The Labute approximate surface area is 183 Å². The molecule has 0 bridgehead atoms. The van der Waals surface area contributed by atoms with Gasteiger partial charge in [-0.1, -0.05) is 12.1 Å². The van der Waals surface area contributed by atoms with Crippen LogP contribution < -0.4 is 15.5 Å². The van der Waals surface area contributed by atoms with Crippen molar-refractivity contribution >= 4 is 17.4 Å². The van der Waals surface area contributed by atoms with Crippen LogP contribution in [0.25, 0.3) is 11.1 Å². The molecule has 1 aliphatic rings. The molecule has 1 aliphatic heterocycles. The van der Waals surface area contributed by atoms with Crippen LogP contribution in [0.1, 0.15) is 32.7 Å². The Morgan fingerprint density at radius 2 is 1.88 bits per heavy atom. The number of pyridine rings is 2. The minimum absolute atomic E-state index is 0.0837. The van der Waals surface area contributed by atoms with E-state index in [0.717, 1.165) is 34.0 Å². The second-order valence-electron chi connectivity index (χ2n) is 7.85. The van der Waals surface area contributed by atoms with E-state index >= 15 is 0 Å². The van der Waals surface area contributed by atoms with Crippen molar-refractivity contribution in [3.8, 4) is 11.1 Å². The van der Waals surface area contributed by atoms with Crippen molar-refractivity contribution in [2.45, 2.75) is 26.2 Å². The summed E-state index contributed by atoms with van der Waals surface area (Å²) in [6.45, 7) is 2.71. The lowest BCUT2D eigenvalue weighted by atomic mass is 9.94. The molecule has 6 nitrogen and oxygen atoms in total. The number of carbonyl (C=O) groups excluding carboxylic acids is 1. The van der Waals surface area contributed by atoms with Gasteiger partial charge in [0.1, 0.15) is 11.5 Å². The van der Waals surface area contributed by atoms with E-state index < -0.39 is 11.9 Å². The first-order valence-electron chi connectivity index (χ1n) is 9.99. The highest BCUT2D eigenvalue weighted by Gasteiger charge is 2.32. The SMILES string of the molecule is Cc1cc(NCc2ccc(C(F)(F)F)nc2)ncc1-c1ccc(N(C)C)c2c1CNC2=O. The number of rotatable bonds is 5. The third-order valence-electron chi connectivity index (χ3n) is 5.42. The topological polar surface area (TPSA) is 70.2 Å². The quantitative estimate of drug-likeness (QED) is 0.615. The molecule has 32 heavy (non-hydrogen) atoms. The summed E-state index contributed by atoms with van der Waals surface area (Å²) >= 11 is 0. The van der Waals surface area contributed by atoms with E-state index in [1.807, 2.05) is 44.1 Å². The minimum Gasteiger partial charge on any atom is -0.377 e. The molecule has 0 radical (unpaired) electrons. The normalized spacial score (nSPS) is 13.0. The number of fused-ring (bicyclic) bond motifs is 1. The Morgan fingerprint density at radius 1 is 1.09 bits per heavy atom. The summed E-state index contributed by atoms with van der Waals surface area (Å²) < 4.78 is 37.9. The fourth-order valence-corrected chi connectivity index (χ4v) is 3.78. The molecule has 0 saturated heterocycles. The summed E-state index contributed by atoms with van der Waals surface area (Å²) in [5.74, 6) is 0.515. The van der Waals surface area contributed by atoms with E-state index in [1.54, 1.807) is 6.20 Å². The molecule has 1 amide bonds. The van der Waals surface area contributed by atoms with Crippen molar-refractivity contribution in [1.29, 1.82) is 0 Å². The van der Waals surface area contributed by atoms with Gasteiger partial charge < -0.3 is 15.5 Å². The lowest BCUT2D eigenvalue weighted by Crippen LogP contribution is -2.17. The highest BCUT2D eigenvalue weighted by atomic mass is 19.4. The Hall–Kier alpha value is -3.62. The number of carbonyl (C=O) groups is 1. The Bertz CT molecular complexity index is 1170. The molecular formula is C23H22F3N5O. The van der Waals surface area contributed by atoms with Crippen LogP contribution in [0.2, 0.25) is 0 Å². The van der Waals surface area contributed by atoms with Gasteiger partial charge in [-0.25, -0.2) is 4.98 Å². The smallest absolute Gasteiger partial charge is 0.377 e. The number of nitrogens with one attached hydrogen (secondary N) is 2. The molecule has 2 aromatic heterocycles. The molecule has 0 spiro atoms. The number of alkyl halides is 3. The fraction of sp³-hybridized carbons (Fsp3) is 0.261. The van der Waals surface area contributed by atoms with Gasteiger partial charge in [-0.2, -0.15) is 13.2 Å². The maximum absolute atomic E-state index is 12.6. The molecular weight excluding hydrogens is 419 g/mol. The molecule has 3 heterocycles. The first-order chi connectivity index (χ1) is 15.1. The van der Waals surface area contributed by atoms with Crippen molar-refractivity contribution in [2.24, 2.45) is 0 Å². The number of hydrogen-bond acceptors (Lipinski definition) is 5. The van der Waals surface area contributed by atoms with Crippen LogP contribution in [0.5, 0.6) is 0 Å². The summed E-state index contributed by atoms with van der Waals surface area (Å²) in [6, 6.07) is 8.17. The number of benzene rings is 1. The molecule has 166 valence electrons. The van der Waals surface area contributed by atoms with E-state index in [4.69, 9.17) is 0 Å². The largest absolute Gasteiger partial charge is 0.433 e. The second kappa shape index (κ2) is 8.14. The molecule has 0 unspecified atom stereocenters. The molecule has 0 saturated carbocycles. The Balaban J connectivity index is 1.55. The monoisotopic (exact) mass is 441 g/mol. The third-order valence-corrected chi connectivity index (χ3v) is 5.42. The number of aryl methyl sites for hydroxylation is 1. The lowest BCUT2D eigenvalue weighted by molar-refractivity contribution is -0.141. The summed E-state index contributed by atoms with van der Waals surface area (Å²) in [6.07, 6.45) is -1.50. The van der Waals surface area contributed by atoms with E-state index in [0.29, 0.717) is 30.0 Å². The van der Waals surface area contributed by atoms with Crippen LogP contribution in [0.3, 0.4) is 0 Å². The minimum atomic E-state index is -4.45. The first-order valence-corrected chi connectivity index (χ1v) is 9.99. The van der Waals surface area contributed by atoms with Crippen LogP contribution in [-0.4, -0.2) is 30.0 Å². The Kier molecular flexibility index (Phi) is 5.50. The average molecular weight is 441 g/mol. The van der Waals surface area contributed by atoms with Gasteiger partial charge in [0.15, 0.2) is 0 Å². The van der Waals surface area contributed by atoms with Crippen molar-refractivity contribution in [3.63, 3.8) is 0 Å². The van der Waals surface area contributed by atoms with Crippen molar-refractivity contribution in [1.82, 2.24) is 15.3 Å². The van der Waals surface area contributed by atoms with Crippen LogP contribution in [-0.2, 0) is 19.3 Å². The average Bonchev–Trinajstić information content (AvgIpc) is 3.13. The number of aromatic nitrogens is 2. The van der Waals surface area contributed by atoms with Gasteiger partial charge >= 0.3 is 6.18 Å². The third kappa shape index (κ3) is 4.10. The van der Waals surface area contributed by atoms with Crippen molar-refractivity contribution in [2.75, 3.05) is 24.3 Å². The van der Waals surface area contributed by atoms with Crippen LogP contribution in [0.4, 0.5) is 24.7 Å². The summed E-state index contributed by atoms with van der Waals surface area (Å²) in [7, 11) is 3.81. The first kappa shape index (κ1) is 21.6. The molecule has 4 rings (SSSR count). The fourth-order valence-electron chi connectivity index (χ4n) is 3.78. The Morgan fingerprint density at radius 3 is 2.50 bits per heavy atom. The van der Waals surface area contributed by atoms with Crippen LogP contribution in [0, 0.1) is 6.92 Å². The van der Waals surface area contributed by atoms with Gasteiger partial charge in [0.05, 0.1) is 5.56 Å². The predicted molar refractivity (Wildman–Crippen MR) is 116 cm³/mol. The summed E-state index contributed by atoms with van der Waals surface area (Å²) in [4.78, 5) is 22.2.